The Morgan fingerprint density at radius 3 is 2.53 bits per heavy atom. The maximum Gasteiger partial charge on any atom is 0.280 e. The zero-order valence-electron chi connectivity index (χ0n) is 10.7. The summed E-state index contributed by atoms with van der Waals surface area (Å²) >= 11 is 0. The van der Waals surface area contributed by atoms with E-state index in [1.54, 1.807) is 7.11 Å². The summed E-state index contributed by atoms with van der Waals surface area (Å²) in [5, 5.41) is 24.5. The molecule has 1 atom stereocenters. The van der Waals surface area contributed by atoms with E-state index in [4.69, 9.17) is 4.74 Å². The zero-order valence-corrected chi connectivity index (χ0v) is 10.7. The highest BCUT2D eigenvalue weighted by Gasteiger charge is 2.19. The van der Waals surface area contributed by atoms with Crippen LogP contribution < -0.4 is 5.32 Å². The highest BCUT2D eigenvalue weighted by Crippen LogP contribution is 2.24. The van der Waals surface area contributed by atoms with Crippen LogP contribution in [-0.2, 0) is 11.3 Å². The Bertz CT molecular complexity index is 477. The Balaban J connectivity index is 2.88. The van der Waals surface area contributed by atoms with Crippen LogP contribution in [-0.4, -0.2) is 29.6 Å². The van der Waals surface area contributed by atoms with Gasteiger partial charge in [0, 0.05) is 31.3 Å². The molecule has 0 spiro atoms. The van der Waals surface area contributed by atoms with Gasteiger partial charge in [0.2, 0.25) is 0 Å². The quantitative estimate of drug-likeness (QED) is 0.595. The van der Waals surface area contributed by atoms with E-state index in [1.807, 2.05) is 6.92 Å². The van der Waals surface area contributed by atoms with Gasteiger partial charge in [-0.1, -0.05) is 0 Å². The lowest BCUT2D eigenvalue weighted by molar-refractivity contribution is -0.394. The normalized spacial score (nSPS) is 12.1. The molecule has 0 aromatic heterocycles. The van der Waals surface area contributed by atoms with Crippen LogP contribution in [0, 0.1) is 20.2 Å². The van der Waals surface area contributed by atoms with Gasteiger partial charge in [0.05, 0.1) is 22.5 Å². The molecule has 1 aromatic rings. The summed E-state index contributed by atoms with van der Waals surface area (Å²) in [5.74, 6) is 0. The van der Waals surface area contributed by atoms with Crippen molar-refractivity contribution in [2.75, 3.05) is 13.7 Å². The number of hydrogen-bond donors (Lipinski definition) is 1. The minimum atomic E-state index is -0.655. The van der Waals surface area contributed by atoms with Gasteiger partial charge in [0.25, 0.3) is 11.4 Å². The molecule has 1 aromatic carbocycles. The van der Waals surface area contributed by atoms with Gasteiger partial charge in [0.1, 0.15) is 0 Å². The van der Waals surface area contributed by atoms with Crippen molar-refractivity contribution in [2.45, 2.75) is 19.5 Å². The van der Waals surface area contributed by atoms with Gasteiger partial charge < -0.3 is 10.1 Å². The molecule has 0 aliphatic carbocycles. The number of nitrogens with zero attached hydrogens (tertiary/aromatic N) is 2. The molecule has 1 rings (SSSR count). The SMILES string of the molecule is COCC(C)NCc1ccc([N+](=O)[O-])cc1[N+](=O)[O-]. The maximum atomic E-state index is 10.9. The fourth-order valence-electron chi connectivity index (χ4n) is 1.58. The van der Waals surface area contributed by atoms with Crippen LogP contribution in [0.5, 0.6) is 0 Å². The smallest absolute Gasteiger partial charge is 0.280 e. The van der Waals surface area contributed by atoms with E-state index in [-0.39, 0.29) is 24.0 Å². The third-order valence-electron chi connectivity index (χ3n) is 2.53. The minimum absolute atomic E-state index is 0.0276. The first-order valence-corrected chi connectivity index (χ1v) is 5.59. The number of nitro benzene ring substituents is 2. The van der Waals surface area contributed by atoms with Gasteiger partial charge in [-0.15, -0.1) is 0 Å². The van der Waals surface area contributed by atoms with Gasteiger partial charge in [0.15, 0.2) is 0 Å². The van der Waals surface area contributed by atoms with Crippen molar-refractivity contribution in [2.24, 2.45) is 0 Å². The molecule has 8 nitrogen and oxygen atoms in total. The molecule has 0 radical (unpaired) electrons. The number of nitrogens with one attached hydrogen (secondary N) is 1. The van der Waals surface area contributed by atoms with Crippen LogP contribution >= 0.6 is 0 Å². The van der Waals surface area contributed by atoms with Crippen LogP contribution in [0.15, 0.2) is 18.2 Å². The molecule has 0 saturated carbocycles. The second-order valence-corrected chi connectivity index (χ2v) is 4.06. The molecule has 104 valence electrons. The van der Waals surface area contributed by atoms with Crippen molar-refractivity contribution in [3.63, 3.8) is 0 Å². The average molecular weight is 269 g/mol. The topological polar surface area (TPSA) is 108 Å². The third-order valence-corrected chi connectivity index (χ3v) is 2.53. The van der Waals surface area contributed by atoms with Crippen LogP contribution in [0.1, 0.15) is 12.5 Å². The number of benzene rings is 1. The lowest BCUT2D eigenvalue weighted by atomic mass is 10.1. The molecule has 0 saturated heterocycles. The van der Waals surface area contributed by atoms with E-state index < -0.39 is 9.85 Å². The molecule has 19 heavy (non-hydrogen) atoms. The Morgan fingerprint density at radius 1 is 1.32 bits per heavy atom. The van der Waals surface area contributed by atoms with Crippen LogP contribution in [0.2, 0.25) is 0 Å². The molecule has 0 aliphatic rings. The van der Waals surface area contributed by atoms with Gasteiger partial charge >= 0.3 is 0 Å². The van der Waals surface area contributed by atoms with Gasteiger partial charge in [-0.05, 0) is 13.0 Å². The van der Waals surface area contributed by atoms with Crippen molar-refractivity contribution in [3.8, 4) is 0 Å². The molecule has 8 heteroatoms. The van der Waals surface area contributed by atoms with E-state index in [0.29, 0.717) is 12.2 Å². The summed E-state index contributed by atoms with van der Waals surface area (Å²) in [6.45, 7) is 2.60. The molecule has 0 aliphatic heterocycles. The molecule has 1 unspecified atom stereocenters. The Kier molecular flexibility index (Phi) is 5.34. The first-order valence-electron chi connectivity index (χ1n) is 5.59. The fourth-order valence-corrected chi connectivity index (χ4v) is 1.58. The number of nitro groups is 2. The van der Waals surface area contributed by atoms with Crippen LogP contribution in [0.4, 0.5) is 11.4 Å². The molecule has 0 heterocycles. The van der Waals surface area contributed by atoms with E-state index >= 15 is 0 Å². The molecule has 0 bridgehead atoms. The van der Waals surface area contributed by atoms with Crippen LogP contribution in [0.3, 0.4) is 0 Å². The van der Waals surface area contributed by atoms with Crippen molar-refractivity contribution in [1.82, 2.24) is 5.32 Å². The molecule has 0 fully saturated rings. The van der Waals surface area contributed by atoms with E-state index in [0.717, 1.165) is 6.07 Å². The number of non-ortho nitro benzene ring substituents is 1. The predicted molar refractivity (Wildman–Crippen MR) is 67.9 cm³/mol. The fraction of sp³-hybridized carbons (Fsp3) is 0.455. The van der Waals surface area contributed by atoms with Gasteiger partial charge in [-0.25, -0.2) is 0 Å². The Labute approximate surface area is 109 Å². The molecular formula is C11H15N3O5. The third kappa shape index (κ3) is 4.27. The van der Waals surface area contributed by atoms with Crippen molar-refractivity contribution >= 4 is 11.4 Å². The Hall–Kier alpha value is -2.06. The second-order valence-electron chi connectivity index (χ2n) is 4.06. The maximum absolute atomic E-state index is 10.9. The summed E-state index contributed by atoms with van der Waals surface area (Å²) in [7, 11) is 1.56. The van der Waals surface area contributed by atoms with Gasteiger partial charge in [-0.2, -0.15) is 0 Å². The minimum Gasteiger partial charge on any atom is -0.383 e. The lowest BCUT2D eigenvalue weighted by Gasteiger charge is -2.12. The predicted octanol–water partition coefficient (Wildman–Crippen LogP) is 1.63. The molecular weight excluding hydrogens is 254 g/mol. The summed E-state index contributed by atoms with van der Waals surface area (Å²) < 4.78 is 4.93. The highest BCUT2D eigenvalue weighted by atomic mass is 16.6. The summed E-state index contributed by atoms with van der Waals surface area (Å²) in [5.41, 5.74) is -0.148. The lowest BCUT2D eigenvalue weighted by Crippen LogP contribution is -2.29. The summed E-state index contributed by atoms with van der Waals surface area (Å²) in [6.07, 6.45) is 0. The first kappa shape index (κ1) is 15.0. The standard InChI is InChI=1S/C11H15N3O5/c1-8(7-19-2)12-6-9-3-4-10(13(15)16)5-11(9)14(17)18/h3-5,8,12H,6-7H2,1-2H3. The Morgan fingerprint density at radius 2 is 2.00 bits per heavy atom. The van der Waals surface area contributed by atoms with E-state index in [9.17, 15) is 20.2 Å². The van der Waals surface area contributed by atoms with Crippen molar-refractivity contribution in [3.05, 3.63) is 44.0 Å². The zero-order chi connectivity index (χ0) is 14.4. The largest absolute Gasteiger partial charge is 0.383 e. The highest BCUT2D eigenvalue weighted by molar-refractivity contribution is 5.49. The number of hydrogen-bond acceptors (Lipinski definition) is 6. The summed E-state index contributed by atoms with van der Waals surface area (Å²) in [6, 6.07) is 3.64. The first-order chi connectivity index (χ1) is 8.95. The monoisotopic (exact) mass is 269 g/mol. The van der Waals surface area contributed by atoms with Gasteiger partial charge in [-0.3, -0.25) is 20.2 Å². The number of rotatable bonds is 7. The summed E-state index contributed by atoms with van der Waals surface area (Å²) in [4.78, 5) is 20.2. The number of methoxy groups -OCH3 is 1. The second kappa shape index (κ2) is 6.76. The van der Waals surface area contributed by atoms with E-state index in [1.165, 1.54) is 12.1 Å². The van der Waals surface area contributed by atoms with E-state index in [2.05, 4.69) is 5.32 Å². The average Bonchev–Trinajstić information content (AvgIpc) is 2.36. The van der Waals surface area contributed by atoms with Crippen molar-refractivity contribution in [1.29, 1.82) is 0 Å². The van der Waals surface area contributed by atoms with Crippen molar-refractivity contribution < 1.29 is 14.6 Å². The van der Waals surface area contributed by atoms with Crippen LogP contribution in [0.25, 0.3) is 0 Å². The molecule has 1 N–H and O–H groups in total. The number of ether oxygens (including phenoxy) is 1. The molecule has 0 amide bonds.